The lowest BCUT2D eigenvalue weighted by Gasteiger charge is -2.01. The number of halogens is 2. The molecule has 0 aromatic heterocycles. The van der Waals surface area contributed by atoms with E-state index < -0.39 is 11.6 Å². The fraction of sp³-hybridized carbons (Fsp3) is 1.00. The van der Waals surface area contributed by atoms with Crippen LogP contribution < -0.4 is 0 Å². The van der Waals surface area contributed by atoms with Gasteiger partial charge in [0.05, 0.1) is 15.1 Å². The second-order valence-corrected chi connectivity index (χ2v) is 4.15. The molecule has 0 aliphatic heterocycles. The van der Waals surface area contributed by atoms with Crippen LogP contribution in [0.25, 0.3) is 0 Å². The zero-order chi connectivity index (χ0) is 5.15. The molecule has 0 aliphatic carbocycles. The summed E-state index contributed by atoms with van der Waals surface area (Å²) in [5.41, 5.74) is 0. The van der Waals surface area contributed by atoms with Gasteiger partial charge < -0.3 is 0 Å². The molecule has 0 saturated carbocycles. The summed E-state index contributed by atoms with van der Waals surface area (Å²) in [6, 6.07) is 0. The third kappa shape index (κ3) is 3.41. The summed E-state index contributed by atoms with van der Waals surface area (Å²) in [5, 5.41) is 0. The van der Waals surface area contributed by atoms with Gasteiger partial charge in [-0.3, -0.25) is 0 Å². The van der Waals surface area contributed by atoms with Crippen LogP contribution in [0.3, 0.4) is 0 Å². The van der Waals surface area contributed by atoms with Crippen LogP contribution in [0.2, 0.25) is 0 Å². The molecule has 0 bridgehead atoms. The van der Waals surface area contributed by atoms with Gasteiger partial charge >= 0.3 is 0 Å². The van der Waals surface area contributed by atoms with Gasteiger partial charge in [-0.15, -0.1) is 0 Å². The number of alkyl halides is 2. The van der Waals surface area contributed by atoms with E-state index in [0.717, 1.165) is 0 Å². The molecule has 0 aromatic rings. The third-order valence-electron chi connectivity index (χ3n) is 0.225. The Kier molecular flexibility index (Phi) is 3.91. The van der Waals surface area contributed by atoms with Gasteiger partial charge in [-0.1, -0.05) is 0 Å². The first kappa shape index (κ1) is 7.22. The SMILES string of the molecule is [B]P([B])C(F)I. The van der Waals surface area contributed by atoms with Crippen LogP contribution in [0.15, 0.2) is 0 Å². The molecule has 4 radical (unpaired) electrons. The Hall–Kier alpha value is 1.22. The smallest absolute Gasteiger partial charge is 0.151 e. The minimum Gasteiger partial charge on any atom is -0.233 e. The molecule has 0 aromatic carbocycles. The zero-order valence-electron chi connectivity index (χ0n) is 2.94. The van der Waals surface area contributed by atoms with Crippen LogP contribution in [0.4, 0.5) is 4.39 Å². The van der Waals surface area contributed by atoms with Gasteiger partial charge in [-0.2, -0.15) is 7.68 Å². The molecule has 0 fully saturated rings. The maximum absolute atomic E-state index is 11.6. The number of rotatable bonds is 1. The van der Waals surface area contributed by atoms with Gasteiger partial charge in [0.1, 0.15) is 0 Å². The highest BCUT2D eigenvalue weighted by Gasteiger charge is 2.00. The molecule has 30 valence electrons. The van der Waals surface area contributed by atoms with Crippen molar-refractivity contribution in [2.24, 2.45) is 0 Å². The van der Waals surface area contributed by atoms with Gasteiger partial charge in [0, 0.05) is 0 Å². The van der Waals surface area contributed by atoms with Crippen molar-refractivity contribution in [3.05, 3.63) is 0 Å². The van der Waals surface area contributed by atoms with Crippen LogP contribution in [0.5, 0.6) is 0 Å². The van der Waals surface area contributed by atoms with E-state index in [9.17, 15) is 4.39 Å². The van der Waals surface area contributed by atoms with Crippen molar-refractivity contribution in [2.45, 2.75) is 3.92 Å². The highest BCUT2D eigenvalue weighted by molar-refractivity contribution is 14.1. The van der Waals surface area contributed by atoms with E-state index in [2.05, 4.69) is 0 Å². The molecule has 1 unspecified atom stereocenters. The predicted molar refractivity (Wildman–Crippen MR) is 37.3 cm³/mol. The molecule has 0 N–H and O–H groups in total. The number of hydrogen-bond acceptors (Lipinski definition) is 0. The molecular weight excluding hydrogens is 211 g/mol. The Morgan fingerprint density at radius 1 is 1.67 bits per heavy atom. The molecule has 5 heteroatoms. The maximum atomic E-state index is 11.6. The first-order valence-electron chi connectivity index (χ1n) is 1.21. The first-order valence-corrected chi connectivity index (χ1v) is 4.01. The Morgan fingerprint density at radius 3 is 1.83 bits per heavy atom. The quantitative estimate of drug-likeness (QED) is 0.266. The van der Waals surface area contributed by atoms with Crippen molar-refractivity contribution in [3.8, 4) is 0 Å². The summed E-state index contributed by atoms with van der Waals surface area (Å²) in [6.07, 6.45) is 0. The number of hydrogen-bond donors (Lipinski definition) is 0. The first-order chi connectivity index (χ1) is 2.64. The lowest BCUT2D eigenvalue weighted by atomic mass is 10.7. The van der Waals surface area contributed by atoms with Crippen molar-refractivity contribution in [1.82, 2.24) is 0 Å². The molecule has 1 atom stereocenters. The monoisotopic (exact) mass is 212 g/mol. The van der Waals surface area contributed by atoms with Crippen LogP contribution in [-0.2, 0) is 0 Å². The molecule has 0 rings (SSSR count). The van der Waals surface area contributed by atoms with Crippen LogP contribution >= 0.6 is 30.3 Å². The average Bonchev–Trinajstić information content (AvgIpc) is 1.36. The standard InChI is InChI=1S/CHB2FIP/c2-6(3)1(4)5/h1H. The Balaban J connectivity index is 2.99. The van der Waals surface area contributed by atoms with E-state index in [1.54, 1.807) is 22.6 Å². The average molecular weight is 212 g/mol. The van der Waals surface area contributed by atoms with Crippen molar-refractivity contribution in [2.75, 3.05) is 0 Å². The van der Waals surface area contributed by atoms with Crippen molar-refractivity contribution >= 4 is 45.4 Å². The second-order valence-electron chi connectivity index (χ2n) is 0.725. The predicted octanol–water partition coefficient (Wildman–Crippen LogP) is 1.32. The summed E-state index contributed by atoms with van der Waals surface area (Å²) >= 11 is 1.54. The molecule has 0 saturated heterocycles. The Labute approximate surface area is 53.9 Å². The Bertz CT molecular complexity index is 34.5. The second kappa shape index (κ2) is 3.25. The van der Waals surface area contributed by atoms with Crippen LogP contribution in [0.1, 0.15) is 0 Å². The van der Waals surface area contributed by atoms with Gasteiger partial charge in [-0.25, -0.2) is 4.39 Å². The molecule has 0 nitrogen and oxygen atoms in total. The summed E-state index contributed by atoms with van der Waals surface area (Å²) in [5.74, 6) is 0. The van der Waals surface area contributed by atoms with Crippen LogP contribution in [0, 0.1) is 0 Å². The normalized spacial score (nSPS) is 15.2. The molecule has 0 aliphatic rings. The minimum atomic E-state index is -1.34. The van der Waals surface area contributed by atoms with E-state index in [0.29, 0.717) is 0 Å². The van der Waals surface area contributed by atoms with E-state index in [-0.39, 0.29) is 0 Å². The van der Waals surface area contributed by atoms with Gasteiger partial charge in [0.15, 0.2) is 3.92 Å². The lowest BCUT2D eigenvalue weighted by molar-refractivity contribution is 0.583. The van der Waals surface area contributed by atoms with Crippen LogP contribution in [-0.4, -0.2) is 19.1 Å². The summed E-state index contributed by atoms with van der Waals surface area (Å²) in [6.45, 7) is 0. The molecular formula is CHB2FIP. The molecule has 6 heavy (non-hydrogen) atoms. The summed E-state index contributed by atoms with van der Waals surface area (Å²) < 4.78 is 10.5. The van der Waals surface area contributed by atoms with Crippen molar-refractivity contribution < 1.29 is 4.39 Å². The minimum absolute atomic E-state index is 1.06. The van der Waals surface area contributed by atoms with E-state index in [1.807, 2.05) is 0 Å². The molecule has 0 amide bonds. The van der Waals surface area contributed by atoms with Gasteiger partial charge in [-0.05, 0) is 22.6 Å². The van der Waals surface area contributed by atoms with Gasteiger partial charge in [0.25, 0.3) is 0 Å². The van der Waals surface area contributed by atoms with E-state index in [4.69, 9.17) is 15.1 Å². The van der Waals surface area contributed by atoms with Crippen molar-refractivity contribution in [1.29, 1.82) is 0 Å². The third-order valence-corrected chi connectivity index (χ3v) is 2.61. The summed E-state index contributed by atoms with van der Waals surface area (Å²) in [7, 11) is 8.45. The molecule has 0 heterocycles. The van der Waals surface area contributed by atoms with E-state index in [1.165, 1.54) is 0 Å². The zero-order valence-corrected chi connectivity index (χ0v) is 5.99. The van der Waals surface area contributed by atoms with Gasteiger partial charge in [0.2, 0.25) is 0 Å². The topological polar surface area (TPSA) is 0 Å². The van der Waals surface area contributed by atoms with E-state index >= 15 is 0 Å². The summed E-state index contributed by atoms with van der Waals surface area (Å²) in [4.78, 5) is 0. The largest absolute Gasteiger partial charge is 0.233 e. The highest BCUT2D eigenvalue weighted by Crippen LogP contribution is 2.34. The lowest BCUT2D eigenvalue weighted by Crippen LogP contribution is -1.81. The Morgan fingerprint density at radius 2 is 1.83 bits per heavy atom. The fourth-order valence-corrected chi connectivity index (χ4v) is 0. The highest BCUT2D eigenvalue weighted by atomic mass is 127. The molecule has 0 spiro atoms. The fourth-order valence-electron chi connectivity index (χ4n) is 0. The van der Waals surface area contributed by atoms with Crippen molar-refractivity contribution in [3.63, 3.8) is 0 Å². The maximum Gasteiger partial charge on any atom is 0.151 e.